The van der Waals surface area contributed by atoms with Crippen LogP contribution in [0.3, 0.4) is 0 Å². The standard InChI is InChI=1S/C16H28N4OS/c1-12(2)9-15-18-16(22-19-15)17-14-3-6-20(7-4-14)10-13-5-8-21-11-13/h12-14H,3-11H2,1-2H3,(H,17,18,19)/t13-/m1/s1. The number of aromatic nitrogens is 2. The lowest BCUT2D eigenvalue weighted by Crippen LogP contribution is -2.41. The number of nitrogens with one attached hydrogen (secondary N) is 1. The van der Waals surface area contributed by atoms with E-state index in [0.29, 0.717) is 12.0 Å². The predicted molar refractivity (Wildman–Crippen MR) is 90.5 cm³/mol. The van der Waals surface area contributed by atoms with Gasteiger partial charge in [0.05, 0.1) is 6.61 Å². The highest BCUT2D eigenvalue weighted by Crippen LogP contribution is 2.21. The van der Waals surface area contributed by atoms with E-state index in [1.807, 2.05) is 0 Å². The minimum atomic E-state index is 0.552. The normalized spacial score (nSPS) is 24.2. The number of piperidine rings is 1. The molecule has 6 heteroatoms. The van der Waals surface area contributed by atoms with Crippen LogP contribution in [0.5, 0.6) is 0 Å². The molecule has 1 aromatic heterocycles. The third-order valence-corrected chi connectivity index (χ3v) is 5.20. The van der Waals surface area contributed by atoms with Crippen LogP contribution in [0.2, 0.25) is 0 Å². The highest BCUT2D eigenvalue weighted by Gasteiger charge is 2.24. The SMILES string of the molecule is CC(C)Cc1nsc(NC2CCN(C[C@H]3CCOC3)CC2)n1. The maximum Gasteiger partial charge on any atom is 0.202 e. The highest BCUT2D eigenvalue weighted by molar-refractivity contribution is 7.09. The van der Waals surface area contributed by atoms with Crippen molar-refractivity contribution in [3.8, 4) is 0 Å². The lowest BCUT2D eigenvalue weighted by Gasteiger charge is -2.33. The van der Waals surface area contributed by atoms with Crippen LogP contribution in [0.1, 0.15) is 38.9 Å². The number of hydrogen-bond donors (Lipinski definition) is 1. The third kappa shape index (κ3) is 4.64. The van der Waals surface area contributed by atoms with Gasteiger partial charge in [-0.3, -0.25) is 0 Å². The Bertz CT molecular complexity index is 451. The lowest BCUT2D eigenvalue weighted by molar-refractivity contribution is 0.154. The highest BCUT2D eigenvalue weighted by atomic mass is 32.1. The molecule has 0 unspecified atom stereocenters. The zero-order chi connectivity index (χ0) is 15.4. The summed E-state index contributed by atoms with van der Waals surface area (Å²) in [5.41, 5.74) is 0. The Morgan fingerprint density at radius 1 is 1.32 bits per heavy atom. The molecular formula is C16H28N4OS. The van der Waals surface area contributed by atoms with Crippen molar-refractivity contribution >= 4 is 16.7 Å². The quantitative estimate of drug-likeness (QED) is 0.872. The summed E-state index contributed by atoms with van der Waals surface area (Å²) < 4.78 is 9.92. The van der Waals surface area contributed by atoms with Gasteiger partial charge in [0.2, 0.25) is 5.13 Å². The summed E-state index contributed by atoms with van der Waals surface area (Å²) in [7, 11) is 0. The summed E-state index contributed by atoms with van der Waals surface area (Å²) in [5, 5.41) is 4.58. The van der Waals surface area contributed by atoms with E-state index in [2.05, 4.69) is 33.4 Å². The molecule has 5 nitrogen and oxygen atoms in total. The predicted octanol–water partition coefficient (Wildman–Crippen LogP) is 2.65. The number of nitrogens with zero attached hydrogens (tertiary/aromatic N) is 3. The summed E-state index contributed by atoms with van der Waals surface area (Å²) in [4.78, 5) is 7.21. The van der Waals surface area contributed by atoms with E-state index < -0.39 is 0 Å². The smallest absolute Gasteiger partial charge is 0.202 e. The molecule has 2 saturated heterocycles. The first-order valence-corrected chi connectivity index (χ1v) is 9.35. The van der Waals surface area contributed by atoms with Crippen LogP contribution in [0.4, 0.5) is 5.13 Å². The minimum Gasteiger partial charge on any atom is -0.381 e. The number of hydrogen-bond acceptors (Lipinski definition) is 6. The van der Waals surface area contributed by atoms with Gasteiger partial charge in [-0.05, 0) is 31.1 Å². The van der Waals surface area contributed by atoms with E-state index in [-0.39, 0.29) is 0 Å². The Morgan fingerprint density at radius 2 is 2.14 bits per heavy atom. The van der Waals surface area contributed by atoms with Crippen LogP contribution in [-0.4, -0.2) is 53.1 Å². The zero-order valence-corrected chi connectivity index (χ0v) is 14.6. The molecule has 0 aromatic carbocycles. The van der Waals surface area contributed by atoms with E-state index in [1.165, 1.54) is 50.4 Å². The molecule has 0 spiro atoms. The molecule has 0 saturated carbocycles. The zero-order valence-electron chi connectivity index (χ0n) is 13.8. The largest absolute Gasteiger partial charge is 0.381 e. The molecule has 0 radical (unpaired) electrons. The average Bonchev–Trinajstić information content (AvgIpc) is 3.13. The molecule has 3 rings (SSSR count). The Kier molecular flexibility index (Phi) is 5.66. The van der Waals surface area contributed by atoms with E-state index in [4.69, 9.17) is 4.74 Å². The van der Waals surface area contributed by atoms with E-state index >= 15 is 0 Å². The van der Waals surface area contributed by atoms with Gasteiger partial charge in [0.25, 0.3) is 0 Å². The summed E-state index contributed by atoms with van der Waals surface area (Å²) in [5.74, 6) is 2.36. The molecule has 0 bridgehead atoms. The molecule has 1 N–H and O–H groups in total. The maximum atomic E-state index is 5.48. The van der Waals surface area contributed by atoms with Crippen molar-refractivity contribution in [3.05, 3.63) is 5.82 Å². The van der Waals surface area contributed by atoms with Crippen molar-refractivity contribution in [2.24, 2.45) is 11.8 Å². The van der Waals surface area contributed by atoms with Crippen molar-refractivity contribution < 1.29 is 4.74 Å². The van der Waals surface area contributed by atoms with Gasteiger partial charge in [0.1, 0.15) is 5.82 Å². The molecule has 0 amide bonds. The van der Waals surface area contributed by atoms with E-state index in [9.17, 15) is 0 Å². The molecule has 1 aromatic rings. The Balaban J connectivity index is 1.40. The van der Waals surface area contributed by atoms with Crippen molar-refractivity contribution in [1.82, 2.24) is 14.3 Å². The lowest BCUT2D eigenvalue weighted by atomic mass is 10.0. The number of anilines is 1. The topological polar surface area (TPSA) is 50.3 Å². The number of rotatable bonds is 6. The fraction of sp³-hybridized carbons (Fsp3) is 0.875. The number of likely N-dealkylation sites (tertiary alicyclic amines) is 1. The summed E-state index contributed by atoms with van der Waals surface area (Å²) in [6, 6.07) is 0.552. The molecule has 3 heterocycles. The molecule has 1 atom stereocenters. The monoisotopic (exact) mass is 324 g/mol. The second-order valence-electron chi connectivity index (χ2n) is 7.06. The van der Waals surface area contributed by atoms with Gasteiger partial charge < -0.3 is 15.0 Å². The molecule has 22 heavy (non-hydrogen) atoms. The van der Waals surface area contributed by atoms with Crippen molar-refractivity contribution in [2.45, 2.75) is 45.6 Å². The summed E-state index contributed by atoms with van der Waals surface area (Å²) in [6.45, 7) is 9.92. The minimum absolute atomic E-state index is 0.552. The van der Waals surface area contributed by atoms with Crippen LogP contribution >= 0.6 is 11.5 Å². The van der Waals surface area contributed by atoms with Crippen LogP contribution in [-0.2, 0) is 11.2 Å². The Morgan fingerprint density at radius 3 is 2.82 bits per heavy atom. The van der Waals surface area contributed by atoms with Gasteiger partial charge >= 0.3 is 0 Å². The molecule has 124 valence electrons. The number of ether oxygens (including phenoxy) is 1. The van der Waals surface area contributed by atoms with Crippen LogP contribution in [0.25, 0.3) is 0 Å². The van der Waals surface area contributed by atoms with Crippen molar-refractivity contribution in [2.75, 3.05) is 38.2 Å². The van der Waals surface area contributed by atoms with Crippen LogP contribution in [0.15, 0.2) is 0 Å². The van der Waals surface area contributed by atoms with Crippen LogP contribution in [0, 0.1) is 11.8 Å². The average molecular weight is 324 g/mol. The van der Waals surface area contributed by atoms with Gasteiger partial charge in [0, 0.05) is 50.2 Å². The molecular weight excluding hydrogens is 296 g/mol. The summed E-state index contributed by atoms with van der Waals surface area (Å²) >= 11 is 1.51. The van der Waals surface area contributed by atoms with Crippen molar-refractivity contribution in [3.63, 3.8) is 0 Å². The van der Waals surface area contributed by atoms with Gasteiger partial charge in [0.15, 0.2) is 0 Å². The second-order valence-corrected chi connectivity index (χ2v) is 7.81. The third-order valence-electron chi connectivity index (χ3n) is 4.51. The fourth-order valence-corrected chi connectivity index (χ4v) is 3.96. The van der Waals surface area contributed by atoms with Gasteiger partial charge in [-0.2, -0.15) is 4.37 Å². The maximum absolute atomic E-state index is 5.48. The first-order valence-electron chi connectivity index (χ1n) is 8.58. The Hall–Kier alpha value is -0.720. The Labute approximate surface area is 137 Å². The molecule has 2 aliphatic rings. The van der Waals surface area contributed by atoms with E-state index in [1.54, 1.807) is 0 Å². The first-order chi connectivity index (χ1) is 10.7. The molecule has 0 aliphatic carbocycles. The van der Waals surface area contributed by atoms with E-state index in [0.717, 1.165) is 36.5 Å². The first kappa shape index (κ1) is 16.1. The molecule has 2 fully saturated rings. The summed E-state index contributed by atoms with van der Waals surface area (Å²) in [6.07, 6.45) is 4.61. The van der Waals surface area contributed by atoms with Gasteiger partial charge in [-0.1, -0.05) is 13.8 Å². The second kappa shape index (κ2) is 7.70. The van der Waals surface area contributed by atoms with Crippen molar-refractivity contribution in [1.29, 1.82) is 0 Å². The molecule has 2 aliphatic heterocycles. The van der Waals surface area contributed by atoms with Crippen LogP contribution < -0.4 is 5.32 Å². The van der Waals surface area contributed by atoms with Gasteiger partial charge in [-0.25, -0.2) is 4.98 Å². The van der Waals surface area contributed by atoms with Gasteiger partial charge in [-0.15, -0.1) is 0 Å². The fourth-order valence-electron chi connectivity index (χ4n) is 3.29.